The quantitative estimate of drug-likeness (QED) is 0.465. The van der Waals surface area contributed by atoms with Crippen LogP contribution in [0.3, 0.4) is 0 Å². The van der Waals surface area contributed by atoms with E-state index < -0.39 is 0 Å². The summed E-state index contributed by atoms with van der Waals surface area (Å²) in [7, 11) is 0. The SMILES string of the molecule is CCCCCC(CC(C)=S)c1ccccc1. The largest absolute Gasteiger partial charge is 0.0900 e. The van der Waals surface area contributed by atoms with Crippen LogP contribution in [0.1, 0.15) is 57.4 Å². The second-order valence-corrected chi connectivity index (χ2v) is 5.21. The van der Waals surface area contributed by atoms with Crippen molar-refractivity contribution < 1.29 is 0 Å². The molecule has 1 unspecified atom stereocenters. The summed E-state index contributed by atoms with van der Waals surface area (Å²) in [5.41, 5.74) is 1.45. The topological polar surface area (TPSA) is 0 Å². The molecule has 0 spiro atoms. The van der Waals surface area contributed by atoms with Crippen molar-refractivity contribution in [3.8, 4) is 0 Å². The van der Waals surface area contributed by atoms with Crippen LogP contribution >= 0.6 is 12.2 Å². The molecule has 0 saturated heterocycles. The van der Waals surface area contributed by atoms with Gasteiger partial charge in [0.05, 0.1) is 0 Å². The predicted octanol–water partition coefficient (Wildman–Crippen LogP) is 5.13. The average molecular weight is 234 g/mol. The summed E-state index contributed by atoms with van der Waals surface area (Å²) in [5, 5.41) is 0. The Bertz CT molecular complexity index is 302. The molecule has 0 heterocycles. The highest BCUT2D eigenvalue weighted by atomic mass is 32.1. The average Bonchev–Trinajstić information content (AvgIpc) is 2.29. The molecular formula is C15H22S. The van der Waals surface area contributed by atoms with Crippen LogP contribution in [0.15, 0.2) is 30.3 Å². The lowest BCUT2D eigenvalue weighted by molar-refractivity contribution is 0.579. The number of thiocarbonyl (C=S) groups is 1. The summed E-state index contributed by atoms with van der Waals surface area (Å²) in [4.78, 5) is 1.13. The molecule has 1 aromatic carbocycles. The van der Waals surface area contributed by atoms with Gasteiger partial charge in [-0.2, -0.15) is 0 Å². The molecule has 1 aromatic rings. The van der Waals surface area contributed by atoms with E-state index in [4.69, 9.17) is 12.2 Å². The van der Waals surface area contributed by atoms with Gasteiger partial charge < -0.3 is 0 Å². The zero-order chi connectivity index (χ0) is 11.8. The highest BCUT2D eigenvalue weighted by molar-refractivity contribution is 7.80. The van der Waals surface area contributed by atoms with Gasteiger partial charge in [-0.3, -0.25) is 0 Å². The molecule has 0 saturated carbocycles. The molecule has 88 valence electrons. The van der Waals surface area contributed by atoms with Crippen molar-refractivity contribution in [2.45, 2.75) is 51.9 Å². The Morgan fingerprint density at radius 3 is 2.44 bits per heavy atom. The molecule has 0 aliphatic rings. The number of hydrogen-bond donors (Lipinski definition) is 0. The van der Waals surface area contributed by atoms with E-state index in [-0.39, 0.29) is 0 Å². The monoisotopic (exact) mass is 234 g/mol. The Balaban J connectivity index is 2.60. The van der Waals surface area contributed by atoms with Gasteiger partial charge in [-0.1, -0.05) is 68.7 Å². The first-order valence-electron chi connectivity index (χ1n) is 6.28. The van der Waals surface area contributed by atoms with E-state index in [1.54, 1.807) is 0 Å². The molecule has 0 nitrogen and oxygen atoms in total. The van der Waals surface area contributed by atoms with Gasteiger partial charge in [0.1, 0.15) is 0 Å². The van der Waals surface area contributed by atoms with Gasteiger partial charge in [0.25, 0.3) is 0 Å². The Labute approximate surface area is 105 Å². The van der Waals surface area contributed by atoms with E-state index in [9.17, 15) is 0 Å². The normalized spacial score (nSPS) is 12.4. The van der Waals surface area contributed by atoms with Gasteiger partial charge >= 0.3 is 0 Å². The van der Waals surface area contributed by atoms with Gasteiger partial charge in [-0.15, -0.1) is 0 Å². The second kappa shape index (κ2) is 7.56. The van der Waals surface area contributed by atoms with Crippen LogP contribution in [0.2, 0.25) is 0 Å². The maximum atomic E-state index is 5.25. The maximum absolute atomic E-state index is 5.25. The van der Waals surface area contributed by atoms with Crippen LogP contribution < -0.4 is 0 Å². The van der Waals surface area contributed by atoms with Crippen LogP contribution in [0, 0.1) is 0 Å². The van der Waals surface area contributed by atoms with Crippen LogP contribution in [-0.2, 0) is 0 Å². The Morgan fingerprint density at radius 2 is 1.88 bits per heavy atom. The predicted molar refractivity (Wildman–Crippen MR) is 76.2 cm³/mol. The Hall–Kier alpha value is -0.690. The van der Waals surface area contributed by atoms with E-state index in [1.165, 1.54) is 31.2 Å². The zero-order valence-corrected chi connectivity index (χ0v) is 11.2. The first-order chi connectivity index (χ1) is 7.74. The molecule has 0 fully saturated rings. The third kappa shape index (κ3) is 4.89. The van der Waals surface area contributed by atoms with Crippen LogP contribution in [0.4, 0.5) is 0 Å². The first-order valence-corrected chi connectivity index (χ1v) is 6.69. The van der Waals surface area contributed by atoms with E-state index in [1.807, 2.05) is 0 Å². The lowest BCUT2D eigenvalue weighted by Gasteiger charge is -2.16. The third-order valence-electron chi connectivity index (χ3n) is 2.96. The molecule has 1 rings (SSSR count). The molecule has 1 heteroatoms. The first kappa shape index (κ1) is 13.4. The molecule has 0 aromatic heterocycles. The van der Waals surface area contributed by atoms with E-state index >= 15 is 0 Å². The van der Waals surface area contributed by atoms with E-state index in [2.05, 4.69) is 44.2 Å². The van der Waals surface area contributed by atoms with Gasteiger partial charge in [0.15, 0.2) is 0 Å². The van der Waals surface area contributed by atoms with E-state index in [0.717, 1.165) is 11.3 Å². The fraction of sp³-hybridized carbons (Fsp3) is 0.533. The molecule has 0 amide bonds. The standard InChI is InChI=1S/C15H22S/c1-3-4-6-11-15(12-13(2)16)14-9-7-5-8-10-14/h5,7-10,15H,3-4,6,11-12H2,1-2H3. The zero-order valence-electron chi connectivity index (χ0n) is 10.4. The van der Waals surface area contributed by atoms with Crippen molar-refractivity contribution >= 4 is 17.1 Å². The molecule has 0 bridgehead atoms. The molecule has 0 radical (unpaired) electrons. The fourth-order valence-corrected chi connectivity index (χ4v) is 2.30. The molecule has 0 aliphatic carbocycles. The van der Waals surface area contributed by atoms with Gasteiger partial charge in [-0.25, -0.2) is 0 Å². The van der Waals surface area contributed by atoms with Crippen LogP contribution in [0.25, 0.3) is 0 Å². The van der Waals surface area contributed by atoms with Crippen molar-refractivity contribution in [3.63, 3.8) is 0 Å². The van der Waals surface area contributed by atoms with Crippen molar-refractivity contribution in [1.29, 1.82) is 0 Å². The smallest absolute Gasteiger partial charge is 0.00964 e. The van der Waals surface area contributed by atoms with E-state index in [0.29, 0.717) is 5.92 Å². The van der Waals surface area contributed by atoms with Gasteiger partial charge in [0.2, 0.25) is 0 Å². The van der Waals surface area contributed by atoms with Crippen LogP contribution in [0.5, 0.6) is 0 Å². The lowest BCUT2D eigenvalue weighted by atomic mass is 9.89. The summed E-state index contributed by atoms with van der Waals surface area (Å²) in [6, 6.07) is 10.8. The van der Waals surface area contributed by atoms with Crippen molar-refractivity contribution in [2.75, 3.05) is 0 Å². The number of unbranched alkanes of at least 4 members (excludes halogenated alkanes) is 2. The van der Waals surface area contributed by atoms with Gasteiger partial charge in [0, 0.05) is 0 Å². The lowest BCUT2D eigenvalue weighted by Crippen LogP contribution is -2.03. The Morgan fingerprint density at radius 1 is 1.19 bits per heavy atom. The summed E-state index contributed by atoms with van der Waals surface area (Å²) < 4.78 is 0. The third-order valence-corrected chi connectivity index (χ3v) is 3.13. The Kier molecular flexibility index (Phi) is 6.32. The van der Waals surface area contributed by atoms with Gasteiger partial charge in [-0.05, 0) is 36.1 Å². The van der Waals surface area contributed by atoms with Crippen molar-refractivity contribution in [2.24, 2.45) is 0 Å². The summed E-state index contributed by atoms with van der Waals surface area (Å²) in [6.45, 7) is 4.31. The minimum Gasteiger partial charge on any atom is -0.0900 e. The molecule has 0 aliphatic heterocycles. The summed E-state index contributed by atoms with van der Waals surface area (Å²) in [5.74, 6) is 0.630. The maximum Gasteiger partial charge on any atom is -0.00964 e. The summed E-state index contributed by atoms with van der Waals surface area (Å²) in [6.07, 6.45) is 6.27. The van der Waals surface area contributed by atoms with Crippen LogP contribution in [-0.4, -0.2) is 4.86 Å². The number of rotatable bonds is 7. The minimum absolute atomic E-state index is 0.630. The minimum atomic E-state index is 0.630. The van der Waals surface area contributed by atoms with Crippen molar-refractivity contribution in [1.82, 2.24) is 0 Å². The summed E-state index contributed by atoms with van der Waals surface area (Å²) >= 11 is 5.25. The molecule has 0 N–H and O–H groups in total. The highest BCUT2D eigenvalue weighted by Crippen LogP contribution is 2.26. The van der Waals surface area contributed by atoms with Crippen molar-refractivity contribution in [3.05, 3.63) is 35.9 Å². The second-order valence-electron chi connectivity index (χ2n) is 4.51. The number of hydrogen-bond acceptors (Lipinski definition) is 1. The number of benzene rings is 1. The molecule has 1 atom stereocenters. The molecular weight excluding hydrogens is 212 g/mol. The molecule has 16 heavy (non-hydrogen) atoms. The highest BCUT2D eigenvalue weighted by Gasteiger charge is 2.11. The fourth-order valence-electron chi connectivity index (χ4n) is 2.10.